The second kappa shape index (κ2) is 7.21. The number of hydrogen-bond donors (Lipinski definition) is 1. The highest BCUT2D eigenvalue weighted by Crippen LogP contribution is 2.32. The summed E-state index contributed by atoms with van der Waals surface area (Å²) in [5.41, 5.74) is 0.950. The van der Waals surface area contributed by atoms with E-state index in [2.05, 4.69) is 5.32 Å². The number of carbonyl (C=O) groups is 1. The van der Waals surface area contributed by atoms with Crippen LogP contribution >= 0.6 is 0 Å². The van der Waals surface area contributed by atoms with Gasteiger partial charge in [-0.05, 0) is 37.5 Å². The lowest BCUT2D eigenvalue weighted by Crippen LogP contribution is -2.43. The minimum Gasteiger partial charge on any atom is -0.486 e. The molecule has 2 heterocycles. The maximum absolute atomic E-state index is 12.5. The highest BCUT2D eigenvalue weighted by Gasteiger charge is 2.29. The number of ether oxygens (including phenoxy) is 2. The van der Waals surface area contributed by atoms with E-state index in [4.69, 9.17) is 9.47 Å². The van der Waals surface area contributed by atoms with Crippen molar-refractivity contribution >= 4 is 15.9 Å². The maximum atomic E-state index is 12.5. The van der Waals surface area contributed by atoms with Crippen LogP contribution in [0.2, 0.25) is 0 Å². The third kappa shape index (κ3) is 4.24. The number of fused-ring (bicyclic) bond motifs is 1. The van der Waals surface area contributed by atoms with Gasteiger partial charge in [-0.1, -0.05) is 6.07 Å². The van der Waals surface area contributed by atoms with Crippen molar-refractivity contribution in [2.75, 3.05) is 32.6 Å². The van der Waals surface area contributed by atoms with Crippen molar-refractivity contribution in [2.45, 2.75) is 25.8 Å². The van der Waals surface area contributed by atoms with Gasteiger partial charge in [0.2, 0.25) is 15.9 Å². The first-order valence-electron chi connectivity index (χ1n) is 8.49. The van der Waals surface area contributed by atoms with Crippen molar-refractivity contribution < 1.29 is 22.7 Å². The van der Waals surface area contributed by atoms with Crippen LogP contribution in [0.25, 0.3) is 0 Å². The molecule has 0 aliphatic carbocycles. The fourth-order valence-electron chi connectivity index (χ4n) is 3.19. The highest BCUT2D eigenvalue weighted by atomic mass is 32.2. The Morgan fingerprint density at radius 3 is 2.48 bits per heavy atom. The summed E-state index contributed by atoms with van der Waals surface area (Å²) < 4.78 is 35.6. The monoisotopic (exact) mass is 368 g/mol. The number of nitrogens with zero attached hydrogens (tertiary/aromatic N) is 1. The van der Waals surface area contributed by atoms with Gasteiger partial charge in [-0.25, -0.2) is 12.7 Å². The molecule has 0 saturated carbocycles. The Morgan fingerprint density at radius 2 is 1.84 bits per heavy atom. The van der Waals surface area contributed by atoms with Gasteiger partial charge < -0.3 is 14.8 Å². The summed E-state index contributed by atoms with van der Waals surface area (Å²) in [6.45, 7) is 3.79. The molecular weight excluding hydrogens is 344 g/mol. The second-order valence-corrected chi connectivity index (χ2v) is 8.55. The van der Waals surface area contributed by atoms with Crippen LogP contribution in [0.4, 0.5) is 0 Å². The summed E-state index contributed by atoms with van der Waals surface area (Å²) in [5.74, 6) is 1.24. The molecule has 0 spiro atoms. The number of nitrogens with one attached hydrogen (secondary N) is 1. The van der Waals surface area contributed by atoms with Crippen LogP contribution in [-0.4, -0.2) is 51.2 Å². The first-order valence-corrected chi connectivity index (χ1v) is 10.3. The Balaban J connectivity index is 1.58. The van der Waals surface area contributed by atoms with E-state index >= 15 is 0 Å². The maximum Gasteiger partial charge on any atom is 0.223 e. The van der Waals surface area contributed by atoms with E-state index in [1.54, 1.807) is 0 Å². The number of rotatable bonds is 4. The van der Waals surface area contributed by atoms with Gasteiger partial charge in [0.25, 0.3) is 0 Å². The topological polar surface area (TPSA) is 84.9 Å². The molecule has 0 aromatic heterocycles. The number of piperidine rings is 1. The first kappa shape index (κ1) is 18.0. The van der Waals surface area contributed by atoms with Gasteiger partial charge in [0.1, 0.15) is 13.2 Å². The van der Waals surface area contributed by atoms with E-state index in [0.717, 1.165) is 11.3 Å². The van der Waals surface area contributed by atoms with Gasteiger partial charge in [-0.2, -0.15) is 0 Å². The Bertz CT molecular complexity index is 741. The van der Waals surface area contributed by atoms with Crippen LogP contribution in [0.15, 0.2) is 18.2 Å². The predicted molar refractivity (Wildman–Crippen MR) is 93.1 cm³/mol. The van der Waals surface area contributed by atoms with Crippen LogP contribution in [0, 0.1) is 5.92 Å². The van der Waals surface area contributed by atoms with Crippen molar-refractivity contribution in [3.05, 3.63) is 23.8 Å². The van der Waals surface area contributed by atoms with Gasteiger partial charge in [-0.15, -0.1) is 0 Å². The molecule has 0 bridgehead atoms. The summed E-state index contributed by atoms with van der Waals surface area (Å²) in [4.78, 5) is 12.5. The molecule has 2 aliphatic rings. The molecule has 0 radical (unpaired) electrons. The minimum absolute atomic E-state index is 0.0319. The summed E-state index contributed by atoms with van der Waals surface area (Å²) in [6, 6.07) is 5.52. The molecule has 1 amide bonds. The fraction of sp³-hybridized carbons (Fsp3) is 0.588. The first-order chi connectivity index (χ1) is 11.8. The van der Waals surface area contributed by atoms with E-state index in [1.165, 1.54) is 10.6 Å². The Morgan fingerprint density at radius 1 is 1.20 bits per heavy atom. The second-order valence-electron chi connectivity index (χ2n) is 6.57. The van der Waals surface area contributed by atoms with E-state index in [-0.39, 0.29) is 17.9 Å². The van der Waals surface area contributed by atoms with Crippen molar-refractivity contribution in [3.63, 3.8) is 0 Å². The lowest BCUT2D eigenvalue weighted by Gasteiger charge is -2.30. The number of amides is 1. The molecule has 1 aromatic carbocycles. The normalized spacial score (nSPS) is 20.1. The van der Waals surface area contributed by atoms with Crippen LogP contribution in [0.1, 0.15) is 31.4 Å². The standard InChI is InChI=1S/C17H24N2O5S/c1-12(14-3-4-15-16(11-14)24-10-9-23-15)18-17(20)13-5-7-19(8-6-13)25(2,21)22/h3-4,11-13H,5-10H2,1-2H3,(H,18,20)/t12-/m1/s1. The Kier molecular flexibility index (Phi) is 5.19. The molecule has 1 N–H and O–H groups in total. The quantitative estimate of drug-likeness (QED) is 0.866. The molecule has 0 unspecified atom stereocenters. The van der Waals surface area contributed by atoms with Gasteiger partial charge in [0.05, 0.1) is 12.3 Å². The van der Waals surface area contributed by atoms with E-state index in [0.29, 0.717) is 44.9 Å². The minimum atomic E-state index is -3.17. The number of carbonyl (C=O) groups excluding carboxylic acids is 1. The third-order valence-electron chi connectivity index (χ3n) is 4.72. The van der Waals surface area contributed by atoms with Crippen LogP contribution in [0.3, 0.4) is 0 Å². The van der Waals surface area contributed by atoms with Gasteiger partial charge in [0, 0.05) is 19.0 Å². The van der Waals surface area contributed by atoms with Gasteiger partial charge in [-0.3, -0.25) is 4.79 Å². The molecular formula is C17H24N2O5S. The zero-order chi connectivity index (χ0) is 18.0. The lowest BCUT2D eigenvalue weighted by molar-refractivity contribution is -0.126. The smallest absolute Gasteiger partial charge is 0.223 e. The van der Waals surface area contributed by atoms with E-state index in [1.807, 2.05) is 25.1 Å². The van der Waals surface area contributed by atoms with Crippen molar-refractivity contribution in [1.29, 1.82) is 0 Å². The molecule has 3 rings (SSSR count). The van der Waals surface area contributed by atoms with Gasteiger partial charge >= 0.3 is 0 Å². The summed E-state index contributed by atoms with van der Waals surface area (Å²) in [5, 5.41) is 3.02. The van der Waals surface area contributed by atoms with Crippen LogP contribution in [-0.2, 0) is 14.8 Å². The molecule has 138 valence electrons. The number of hydrogen-bond acceptors (Lipinski definition) is 5. The summed E-state index contributed by atoms with van der Waals surface area (Å²) in [7, 11) is -3.17. The van der Waals surface area contributed by atoms with Crippen molar-refractivity contribution in [3.8, 4) is 11.5 Å². The number of benzene rings is 1. The fourth-order valence-corrected chi connectivity index (χ4v) is 4.07. The molecule has 1 aromatic rings. The van der Waals surface area contributed by atoms with Crippen LogP contribution in [0.5, 0.6) is 11.5 Å². The molecule has 7 nitrogen and oxygen atoms in total. The molecule has 2 aliphatic heterocycles. The van der Waals surface area contributed by atoms with Crippen molar-refractivity contribution in [1.82, 2.24) is 9.62 Å². The number of sulfonamides is 1. The molecule has 25 heavy (non-hydrogen) atoms. The SMILES string of the molecule is C[C@@H](NC(=O)C1CCN(S(C)(=O)=O)CC1)c1ccc2c(c1)OCCO2. The predicted octanol–water partition coefficient (Wildman–Crippen LogP) is 1.31. The van der Waals surface area contributed by atoms with E-state index in [9.17, 15) is 13.2 Å². The Hall–Kier alpha value is -1.80. The average molecular weight is 368 g/mol. The average Bonchev–Trinajstić information content (AvgIpc) is 2.60. The molecule has 1 fully saturated rings. The van der Waals surface area contributed by atoms with Gasteiger partial charge in [0.15, 0.2) is 11.5 Å². The molecule has 8 heteroatoms. The van der Waals surface area contributed by atoms with Crippen molar-refractivity contribution in [2.24, 2.45) is 5.92 Å². The van der Waals surface area contributed by atoms with E-state index < -0.39 is 10.0 Å². The Labute approximate surface area is 148 Å². The summed E-state index contributed by atoms with van der Waals surface area (Å²) >= 11 is 0. The zero-order valence-electron chi connectivity index (χ0n) is 14.5. The summed E-state index contributed by atoms with van der Waals surface area (Å²) in [6.07, 6.45) is 2.30. The lowest BCUT2D eigenvalue weighted by atomic mass is 9.96. The molecule has 1 atom stereocenters. The van der Waals surface area contributed by atoms with Crippen LogP contribution < -0.4 is 14.8 Å². The molecule has 1 saturated heterocycles. The highest BCUT2D eigenvalue weighted by molar-refractivity contribution is 7.88. The third-order valence-corrected chi connectivity index (χ3v) is 6.02. The largest absolute Gasteiger partial charge is 0.486 e. The zero-order valence-corrected chi connectivity index (χ0v) is 15.3.